The van der Waals surface area contributed by atoms with E-state index < -0.39 is 76.0 Å². The Morgan fingerprint density at radius 1 is 0.865 bits per heavy atom. The Morgan fingerprint density at radius 2 is 1.56 bits per heavy atom. The van der Waals surface area contributed by atoms with Crippen LogP contribution >= 0.6 is 11.6 Å². The van der Waals surface area contributed by atoms with Gasteiger partial charge in [0.05, 0.1) is 34.5 Å². The van der Waals surface area contributed by atoms with Gasteiger partial charge in [0, 0.05) is 22.1 Å². The number of phenolic OH excluding ortho intramolecular Hbond substituents is 1. The summed E-state index contributed by atoms with van der Waals surface area (Å²) < 4.78 is 29.1. The second-order valence-electron chi connectivity index (χ2n) is 13.7. The number of carbonyl (C=O) groups excluding carboxylic acids is 5. The molecule has 2 saturated heterocycles. The summed E-state index contributed by atoms with van der Waals surface area (Å²) in [7, 11) is 0. The van der Waals surface area contributed by atoms with Crippen LogP contribution in [0, 0.1) is 35.3 Å². The Morgan fingerprint density at radius 3 is 2.23 bits per heavy atom. The van der Waals surface area contributed by atoms with Crippen molar-refractivity contribution in [1.82, 2.24) is 5.01 Å². The number of phenols is 1. The third-order valence-electron chi connectivity index (χ3n) is 11.1. The van der Waals surface area contributed by atoms with E-state index in [4.69, 9.17) is 11.6 Å². The average molecular weight is 722 g/mol. The van der Waals surface area contributed by atoms with Gasteiger partial charge in [-0.3, -0.25) is 34.3 Å². The number of hydrazine groups is 1. The summed E-state index contributed by atoms with van der Waals surface area (Å²) in [4.78, 5) is 71.2. The van der Waals surface area contributed by atoms with Crippen molar-refractivity contribution < 1.29 is 37.9 Å². The molecule has 9 nitrogen and oxygen atoms in total. The van der Waals surface area contributed by atoms with Gasteiger partial charge in [-0.2, -0.15) is 5.01 Å². The molecule has 0 bridgehead atoms. The summed E-state index contributed by atoms with van der Waals surface area (Å²) in [6, 6.07) is 21.6. The lowest BCUT2D eigenvalue weighted by molar-refractivity contribution is -0.138. The number of imide groups is 2. The van der Waals surface area contributed by atoms with Gasteiger partial charge in [0.15, 0.2) is 17.3 Å². The Kier molecular flexibility index (Phi) is 7.87. The molecule has 4 aliphatic rings. The first-order valence-electron chi connectivity index (χ1n) is 16.8. The number of amides is 4. The minimum atomic E-state index is -1.77. The molecule has 52 heavy (non-hydrogen) atoms. The molecule has 0 spiro atoms. The lowest BCUT2D eigenvalue weighted by Crippen LogP contribution is -2.53. The van der Waals surface area contributed by atoms with Gasteiger partial charge in [-0.1, -0.05) is 47.5 Å². The standard InChI is InChI=1S/C40H30ClF2N3O6/c1-20(47)21-5-15-26(16-6-21)45-36(49)28-18-17-27-30(33(28)38(45)51)19-31-37(50)46(44-25-13-11-24(42)12-14-25)39(52)40(31,22-7-9-23(41)10-8-22)34(27)29-3-2-4-32(43)35(29)48/h2-17,28,30-31,33-34,44,48H,18-19H2,1H3. The van der Waals surface area contributed by atoms with Gasteiger partial charge in [0.2, 0.25) is 11.8 Å². The Balaban J connectivity index is 1.31. The summed E-state index contributed by atoms with van der Waals surface area (Å²) in [5.74, 6) is -9.49. The molecular weight excluding hydrogens is 692 g/mol. The summed E-state index contributed by atoms with van der Waals surface area (Å²) in [6.07, 6.45) is 1.86. The lowest BCUT2D eigenvalue weighted by atomic mass is 9.49. The van der Waals surface area contributed by atoms with Crippen molar-refractivity contribution in [1.29, 1.82) is 0 Å². The van der Waals surface area contributed by atoms with Crippen LogP contribution in [0.3, 0.4) is 0 Å². The first kappa shape index (κ1) is 33.5. The maximum atomic E-state index is 15.3. The van der Waals surface area contributed by atoms with Crippen LogP contribution in [0.25, 0.3) is 0 Å². The molecule has 4 amide bonds. The van der Waals surface area contributed by atoms with E-state index in [1.165, 1.54) is 55.5 Å². The van der Waals surface area contributed by atoms with E-state index in [1.54, 1.807) is 42.5 Å². The monoisotopic (exact) mass is 721 g/mol. The highest BCUT2D eigenvalue weighted by Crippen LogP contribution is 2.65. The van der Waals surface area contributed by atoms with Crippen LogP contribution in [0.2, 0.25) is 5.02 Å². The smallest absolute Gasteiger partial charge is 0.260 e. The van der Waals surface area contributed by atoms with Crippen LogP contribution in [-0.4, -0.2) is 39.5 Å². The van der Waals surface area contributed by atoms with Crippen molar-refractivity contribution in [2.24, 2.45) is 23.7 Å². The van der Waals surface area contributed by atoms with E-state index in [2.05, 4.69) is 5.43 Å². The molecule has 2 aliphatic carbocycles. The number of fused-ring (bicyclic) bond motifs is 4. The molecule has 0 radical (unpaired) electrons. The van der Waals surface area contributed by atoms with E-state index in [9.17, 15) is 28.7 Å². The number of rotatable bonds is 6. The Hall–Kier alpha value is -5.68. The number of anilines is 2. The number of benzene rings is 4. The number of carbonyl (C=O) groups is 5. The van der Waals surface area contributed by atoms with Gasteiger partial charge in [-0.25, -0.2) is 8.78 Å². The number of hydrogen-bond acceptors (Lipinski definition) is 7. The quantitative estimate of drug-likeness (QED) is 0.129. The summed E-state index contributed by atoms with van der Waals surface area (Å²) in [5.41, 5.74) is 2.96. The van der Waals surface area contributed by atoms with Crippen molar-refractivity contribution in [3.05, 3.63) is 136 Å². The zero-order chi connectivity index (χ0) is 36.6. The third kappa shape index (κ3) is 4.82. The Bertz CT molecular complexity index is 2230. The van der Waals surface area contributed by atoms with Gasteiger partial charge in [-0.05, 0) is 98.0 Å². The van der Waals surface area contributed by atoms with Crippen molar-refractivity contribution in [2.75, 3.05) is 10.3 Å². The molecule has 2 aliphatic heterocycles. The van der Waals surface area contributed by atoms with E-state index in [0.29, 0.717) is 27.4 Å². The molecule has 6 unspecified atom stereocenters. The first-order valence-corrected chi connectivity index (χ1v) is 17.1. The number of aromatic hydroxyl groups is 1. The van der Waals surface area contributed by atoms with Crippen LogP contribution in [0.5, 0.6) is 5.75 Å². The number of Topliss-reactive ketones (excluding diaryl/α,β-unsaturated/α-hetero) is 1. The van der Waals surface area contributed by atoms with Crippen molar-refractivity contribution in [3.8, 4) is 5.75 Å². The number of halogens is 3. The van der Waals surface area contributed by atoms with Gasteiger partial charge < -0.3 is 5.11 Å². The van der Waals surface area contributed by atoms with Crippen LogP contribution < -0.4 is 10.3 Å². The largest absolute Gasteiger partial charge is 0.505 e. The van der Waals surface area contributed by atoms with Crippen molar-refractivity contribution in [3.63, 3.8) is 0 Å². The van der Waals surface area contributed by atoms with E-state index in [0.717, 1.165) is 16.0 Å². The molecule has 2 N–H and O–H groups in total. The molecule has 1 saturated carbocycles. The second kappa shape index (κ2) is 12.2. The average Bonchev–Trinajstić information content (AvgIpc) is 3.51. The van der Waals surface area contributed by atoms with Gasteiger partial charge in [0.1, 0.15) is 5.82 Å². The third-order valence-corrected chi connectivity index (χ3v) is 11.4. The van der Waals surface area contributed by atoms with Crippen LogP contribution in [0.1, 0.15) is 47.2 Å². The molecule has 8 rings (SSSR count). The number of allylic oxidation sites excluding steroid dienone is 2. The van der Waals surface area contributed by atoms with E-state index >= 15 is 9.18 Å². The zero-order valence-electron chi connectivity index (χ0n) is 27.6. The Labute approximate surface area is 301 Å². The number of ketones is 1. The van der Waals surface area contributed by atoms with Crippen molar-refractivity contribution >= 4 is 52.4 Å². The van der Waals surface area contributed by atoms with E-state index in [1.807, 2.05) is 0 Å². The predicted molar refractivity (Wildman–Crippen MR) is 186 cm³/mol. The molecule has 262 valence electrons. The zero-order valence-corrected chi connectivity index (χ0v) is 28.3. The number of para-hydroxylation sites is 1. The topological polar surface area (TPSA) is 124 Å². The van der Waals surface area contributed by atoms with Crippen LogP contribution in [0.15, 0.2) is 103 Å². The molecule has 3 fully saturated rings. The maximum absolute atomic E-state index is 15.3. The second-order valence-corrected chi connectivity index (χ2v) is 14.1. The molecule has 2 heterocycles. The minimum Gasteiger partial charge on any atom is -0.505 e. The lowest BCUT2D eigenvalue weighted by Gasteiger charge is -2.50. The van der Waals surface area contributed by atoms with E-state index in [-0.39, 0.29) is 29.9 Å². The highest BCUT2D eigenvalue weighted by molar-refractivity contribution is 6.30. The number of nitrogens with one attached hydrogen (secondary N) is 1. The number of hydrogen-bond donors (Lipinski definition) is 2. The molecule has 0 aromatic heterocycles. The van der Waals surface area contributed by atoms with Crippen molar-refractivity contribution in [2.45, 2.75) is 31.1 Å². The number of nitrogens with zero attached hydrogens (tertiary/aromatic N) is 2. The molecule has 6 atom stereocenters. The van der Waals surface area contributed by atoms with Gasteiger partial charge in [0.25, 0.3) is 11.8 Å². The molecule has 4 aromatic rings. The highest BCUT2D eigenvalue weighted by atomic mass is 35.5. The molecule has 4 aromatic carbocycles. The fourth-order valence-corrected chi connectivity index (χ4v) is 8.99. The van der Waals surface area contributed by atoms with Gasteiger partial charge in [-0.15, -0.1) is 0 Å². The molecular formula is C40H30ClF2N3O6. The van der Waals surface area contributed by atoms with Gasteiger partial charge >= 0.3 is 0 Å². The minimum absolute atomic E-state index is 0.0348. The van der Waals surface area contributed by atoms with Crippen LogP contribution in [-0.2, 0) is 24.6 Å². The highest BCUT2D eigenvalue weighted by Gasteiger charge is 2.70. The summed E-state index contributed by atoms with van der Waals surface area (Å²) >= 11 is 6.30. The molecule has 12 heteroatoms. The SMILES string of the molecule is CC(=O)c1ccc(N2C(=O)C3CC=C4C(CC5C(=O)N(Nc6ccc(F)cc6)C(=O)C5(c5ccc(Cl)cc5)C4c4cccc(F)c4O)C3C2=O)cc1. The maximum Gasteiger partial charge on any atom is 0.260 e. The fraction of sp³-hybridized carbons (Fsp3) is 0.225. The fourth-order valence-electron chi connectivity index (χ4n) is 8.86. The van der Waals surface area contributed by atoms with Crippen LogP contribution in [0.4, 0.5) is 20.2 Å². The summed E-state index contributed by atoms with van der Waals surface area (Å²) in [5, 5.41) is 12.6. The first-order chi connectivity index (χ1) is 24.9. The summed E-state index contributed by atoms with van der Waals surface area (Å²) in [6.45, 7) is 1.41. The normalized spacial score (nSPS) is 26.5. The predicted octanol–water partition coefficient (Wildman–Crippen LogP) is 6.72.